The third-order valence-electron chi connectivity index (χ3n) is 4.28. The van der Waals surface area contributed by atoms with Crippen molar-refractivity contribution in [3.63, 3.8) is 0 Å². The Morgan fingerprint density at radius 3 is 2.44 bits per heavy atom. The Labute approximate surface area is 98.3 Å². The van der Waals surface area contributed by atoms with Crippen LogP contribution in [0.2, 0.25) is 0 Å². The summed E-state index contributed by atoms with van der Waals surface area (Å²) >= 11 is 0. The maximum absolute atomic E-state index is 3.78. The molecular formula is C15H21N. The molecule has 0 aromatic heterocycles. The summed E-state index contributed by atoms with van der Waals surface area (Å²) in [7, 11) is 0. The molecule has 2 aliphatic rings. The van der Waals surface area contributed by atoms with Crippen LogP contribution < -0.4 is 5.32 Å². The van der Waals surface area contributed by atoms with Crippen LogP contribution in [0, 0.1) is 12.8 Å². The first kappa shape index (κ1) is 10.3. The van der Waals surface area contributed by atoms with Crippen LogP contribution in [0.15, 0.2) is 24.3 Å². The van der Waals surface area contributed by atoms with E-state index in [4.69, 9.17) is 0 Å². The number of benzene rings is 1. The average Bonchev–Trinajstić information content (AvgIpc) is 3.04. The van der Waals surface area contributed by atoms with Crippen LogP contribution in [0.25, 0.3) is 0 Å². The van der Waals surface area contributed by atoms with Gasteiger partial charge in [-0.3, -0.25) is 0 Å². The lowest BCUT2D eigenvalue weighted by Crippen LogP contribution is -2.29. The molecule has 86 valence electrons. The predicted molar refractivity (Wildman–Crippen MR) is 67.6 cm³/mol. The first-order valence-electron chi connectivity index (χ1n) is 6.56. The van der Waals surface area contributed by atoms with Gasteiger partial charge in [0, 0.05) is 18.0 Å². The van der Waals surface area contributed by atoms with Crippen LogP contribution in [0.5, 0.6) is 0 Å². The zero-order chi connectivity index (χ0) is 11.1. The molecule has 0 bridgehead atoms. The highest BCUT2D eigenvalue weighted by Crippen LogP contribution is 2.41. The van der Waals surface area contributed by atoms with Gasteiger partial charge in [0.15, 0.2) is 0 Å². The largest absolute Gasteiger partial charge is 0.311 e. The molecule has 3 unspecified atom stereocenters. The molecule has 1 aliphatic heterocycles. The van der Waals surface area contributed by atoms with Crippen molar-refractivity contribution in [3.05, 3.63) is 35.4 Å². The molecule has 0 radical (unpaired) electrons. The molecular weight excluding hydrogens is 194 g/mol. The van der Waals surface area contributed by atoms with Crippen molar-refractivity contribution >= 4 is 0 Å². The molecule has 1 N–H and O–H groups in total. The first-order chi connectivity index (χ1) is 7.74. The molecule has 1 nitrogen and oxygen atoms in total. The summed E-state index contributed by atoms with van der Waals surface area (Å²) < 4.78 is 0. The third-order valence-corrected chi connectivity index (χ3v) is 4.28. The van der Waals surface area contributed by atoms with Crippen LogP contribution in [-0.2, 0) is 0 Å². The molecule has 3 atom stereocenters. The van der Waals surface area contributed by atoms with Crippen molar-refractivity contribution < 1.29 is 0 Å². The quantitative estimate of drug-likeness (QED) is 0.798. The Balaban J connectivity index is 1.76. The molecule has 1 aromatic carbocycles. The highest BCUT2D eigenvalue weighted by molar-refractivity contribution is 5.27. The van der Waals surface area contributed by atoms with Crippen molar-refractivity contribution in [3.8, 4) is 0 Å². The lowest BCUT2D eigenvalue weighted by Gasteiger charge is -2.15. The van der Waals surface area contributed by atoms with Crippen LogP contribution >= 0.6 is 0 Å². The van der Waals surface area contributed by atoms with E-state index in [1.54, 1.807) is 0 Å². The monoisotopic (exact) mass is 215 g/mol. The number of aryl methyl sites for hydroxylation is 1. The smallest absolute Gasteiger partial charge is 0.0111 e. The Morgan fingerprint density at radius 1 is 1.12 bits per heavy atom. The van der Waals surface area contributed by atoms with Gasteiger partial charge >= 0.3 is 0 Å². The van der Waals surface area contributed by atoms with Gasteiger partial charge in [0.25, 0.3) is 0 Å². The molecule has 16 heavy (non-hydrogen) atoms. The predicted octanol–water partition coefficient (Wildman–Crippen LogP) is 3.24. The Hall–Kier alpha value is -0.820. The Morgan fingerprint density at radius 2 is 1.81 bits per heavy atom. The summed E-state index contributed by atoms with van der Waals surface area (Å²) in [6.45, 7) is 4.50. The van der Waals surface area contributed by atoms with Gasteiger partial charge in [-0.15, -0.1) is 0 Å². The van der Waals surface area contributed by atoms with Crippen molar-refractivity contribution in [2.75, 3.05) is 0 Å². The molecule has 1 saturated carbocycles. The lowest BCUT2D eigenvalue weighted by atomic mass is 9.90. The third kappa shape index (κ3) is 1.89. The second-order valence-corrected chi connectivity index (χ2v) is 5.65. The fraction of sp³-hybridized carbons (Fsp3) is 0.600. The van der Waals surface area contributed by atoms with E-state index in [9.17, 15) is 0 Å². The normalized spacial score (nSPS) is 34.2. The number of hydrogen-bond acceptors (Lipinski definition) is 1. The first-order valence-corrected chi connectivity index (χ1v) is 6.56. The number of nitrogens with one attached hydrogen (secondary N) is 1. The Kier molecular flexibility index (Phi) is 2.51. The van der Waals surface area contributed by atoms with Gasteiger partial charge in [-0.2, -0.15) is 0 Å². The molecule has 1 aromatic rings. The minimum absolute atomic E-state index is 0.647. The van der Waals surface area contributed by atoms with E-state index in [0.29, 0.717) is 6.04 Å². The summed E-state index contributed by atoms with van der Waals surface area (Å²) in [4.78, 5) is 0. The molecule has 1 heterocycles. The SMILES string of the molecule is Cc1ccc(C2CC(C3CC3)NC2C)cc1. The van der Waals surface area contributed by atoms with Crippen molar-refractivity contribution in [2.24, 2.45) is 5.92 Å². The van der Waals surface area contributed by atoms with Gasteiger partial charge in [-0.25, -0.2) is 0 Å². The van der Waals surface area contributed by atoms with Gasteiger partial charge in [0.1, 0.15) is 0 Å². The van der Waals surface area contributed by atoms with E-state index in [2.05, 4.69) is 43.4 Å². The molecule has 1 heteroatoms. The molecule has 1 saturated heterocycles. The highest BCUT2D eigenvalue weighted by atomic mass is 15.0. The van der Waals surface area contributed by atoms with Crippen molar-refractivity contribution in [1.82, 2.24) is 5.32 Å². The molecule has 0 spiro atoms. The van der Waals surface area contributed by atoms with Gasteiger partial charge in [-0.05, 0) is 44.6 Å². The van der Waals surface area contributed by atoms with E-state index < -0.39 is 0 Å². The summed E-state index contributed by atoms with van der Waals surface area (Å²) in [6.07, 6.45) is 4.24. The van der Waals surface area contributed by atoms with Gasteiger partial charge in [0.05, 0.1) is 0 Å². The standard InChI is InChI=1S/C15H21N/c1-10-3-5-12(6-4-10)14-9-15(13-7-8-13)16-11(14)2/h3-6,11,13-16H,7-9H2,1-2H3. The zero-order valence-electron chi connectivity index (χ0n) is 10.2. The highest BCUT2D eigenvalue weighted by Gasteiger charge is 2.40. The number of hydrogen-bond donors (Lipinski definition) is 1. The Bertz CT molecular complexity index is 364. The summed E-state index contributed by atoms with van der Waals surface area (Å²) in [5, 5.41) is 3.78. The van der Waals surface area contributed by atoms with E-state index in [0.717, 1.165) is 17.9 Å². The van der Waals surface area contributed by atoms with Gasteiger partial charge in [-0.1, -0.05) is 29.8 Å². The zero-order valence-corrected chi connectivity index (χ0v) is 10.2. The van der Waals surface area contributed by atoms with Gasteiger partial charge < -0.3 is 5.32 Å². The number of rotatable bonds is 2. The van der Waals surface area contributed by atoms with E-state index in [1.807, 2.05) is 0 Å². The fourth-order valence-electron chi connectivity index (χ4n) is 3.07. The molecule has 3 rings (SSSR count). The fourth-order valence-corrected chi connectivity index (χ4v) is 3.07. The van der Waals surface area contributed by atoms with Gasteiger partial charge in [0.2, 0.25) is 0 Å². The van der Waals surface area contributed by atoms with Crippen LogP contribution in [0.1, 0.15) is 43.2 Å². The second-order valence-electron chi connectivity index (χ2n) is 5.65. The minimum atomic E-state index is 0.647. The average molecular weight is 215 g/mol. The second kappa shape index (κ2) is 3.89. The lowest BCUT2D eigenvalue weighted by molar-refractivity contribution is 0.509. The van der Waals surface area contributed by atoms with E-state index in [-0.39, 0.29) is 0 Å². The van der Waals surface area contributed by atoms with E-state index >= 15 is 0 Å². The van der Waals surface area contributed by atoms with Crippen LogP contribution in [0.4, 0.5) is 0 Å². The molecule has 0 amide bonds. The maximum Gasteiger partial charge on any atom is 0.0111 e. The topological polar surface area (TPSA) is 12.0 Å². The van der Waals surface area contributed by atoms with Crippen molar-refractivity contribution in [1.29, 1.82) is 0 Å². The molecule has 1 aliphatic carbocycles. The maximum atomic E-state index is 3.78. The van der Waals surface area contributed by atoms with E-state index in [1.165, 1.54) is 30.4 Å². The summed E-state index contributed by atoms with van der Waals surface area (Å²) in [6, 6.07) is 10.6. The summed E-state index contributed by atoms with van der Waals surface area (Å²) in [5.41, 5.74) is 2.88. The van der Waals surface area contributed by atoms with Crippen LogP contribution in [-0.4, -0.2) is 12.1 Å². The molecule has 2 fully saturated rings. The van der Waals surface area contributed by atoms with Crippen molar-refractivity contribution in [2.45, 2.75) is 51.1 Å². The van der Waals surface area contributed by atoms with Crippen LogP contribution in [0.3, 0.4) is 0 Å². The minimum Gasteiger partial charge on any atom is -0.311 e. The summed E-state index contributed by atoms with van der Waals surface area (Å²) in [5.74, 6) is 1.71.